The van der Waals surface area contributed by atoms with E-state index in [1.807, 2.05) is 34.6 Å². The first kappa shape index (κ1) is 28.9. The predicted molar refractivity (Wildman–Crippen MR) is 140 cm³/mol. The van der Waals surface area contributed by atoms with E-state index < -0.39 is 0 Å². The highest BCUT2D eigenvalue weighted by atomic mass is 32.2. The Bertz CT molecular complexity index is 856. The Morgan fingerprint density at radius 1 is 1.21 bits per heavy atom. The molecule has 1 aliphatic rings. The van der Waals surface area contributed by atoms with Crippen LogP contribution >= 0.6 is 11.8 Å². The third-order valence-electron chi connectivity index (χ3n) is 5.27. The van der Waals surface area contributed by atoms with Crippen molar-refractivity contribution in [2.24, 2.45) is 0 Å². The topological polar surface area (TPSA) is 70.4 Å². The van der Waals surface area contributed by atoms with E-state index in [1.165, 1.54) is 5.56 Å². The number of aryl methyl sites for hydroxylation is 2. The molecule has 1 aromatic heterocycles. The van der Waals surface area contributed by atoms with Crippen LogP contribution in [0.4, 0.5) is 0 Å². The van der Waals surface area contributed by atoms with Crippen molar-refractivity contribution >= 4 is 24.2 Å². The summed E-state index contributed by atoms with van der Waals surface area (Å²) in [6.07, 6.45) is 6.71. The third kappa shape index (κ3) is 8.32. The molecular weight excluding hydrogens is 432 g/mol. The number of aromatic nitrogens is 2. The maximum absolute atomic E-state index is 10.9. The molecule has 0 bridgehead atoms. The molecule has 2 N–H and O–H groups in total. The van der Waals surface area contributed by atoms with Crippen molar-refractivity contribution in [2.45, 2.75) is 77.5 Å². The number of allylic oxidation sites excluding steroid dienone is 1. The van der Waals surface area contributed by atoms with Gasteiger partial charge >= 0.3 is 0 Å². The van der Waals surface area contributed by atoms with Crippen LogP contribution in [0.15, 0.2) is 35.2 Å². The molecule has 2 heterocycles. The minimum atomic E-state index is -0.201. The Balaban J connectivity index is 0.00000129. The molecule has 3 rings (SSSR count). The lowest BCUT2D eigenvalue weighted by atomic mass is 10.1. The number of imidazole rings is 1. The summed E-state index contributed by atoms with van der Waals surface area (Å²) < 4.78 is 2.05. The number of nitrogens with one attached hydrogen (secondary N) is 1. The largest absolute Gasteiger partial charge is 0.324 e. The Morgan fingerprint density at radius 3 is 2.42 bits per heavy atom. The number of carbonyl (C=O) groups excluding carboxylic acids is 1. The van der Waals surface area contributed by atoms with Crippen LogP contribution in [0.5, 0.6) is 0 Å². The summed E-state index contributed by atoms with van der Waals surface area (Å²) in [4.78, 5) is 16.6. The lowest BCUT2D eigenvalue weighted by Crippen LogP contribution is -2.40. The molecule has 1 atom stereocenters. The molecule has 1 aliphatic heterocycles. The molecule has 6 nitrogen and oxygen atoms in total. The van der Waals surface area contributed by atoms with Gasteiger partial charge in [0, 0.05) is 18.0 Å². The van der Waals surface area contributed by atoms with Crippen LogP contribution in [0.3, 0.4) is 0 Å². The molecule has 0 spiro atoms. The van der Waals surface area contributed by atoms with Gasteiger partial charge in [-0.3, -0.25) is 10.0 Å². The maximum atomic E-state index is 10.9. The summed E-state index contributed by atoms with van der Waals surface area (Å²) in [7, 11) is 0. The summed E-state index contributed by atoms with van der Waals surface area (Å²) in [5.41, 5.74) is 3.44. The smallest absolute Gasteiger partial charge is 0.233 e. The fraction of sp³-hybridized carbons (Fsp3) is 0.538. The molecule has 1 aromatic carbocycles. The van der Waals surface area contributed by atoms with Gasteiger partial charge in [-0.1, -0.05) is 52.8 Å². The first-order valence-electron chi connectivity index (χ1n) is 12.1. The minimum absolute atomic E-state index is 0.201. The normalized spacial score (nSPS) is 17.2. The van der Waals surface area contributed by atoms with Crippen LogP contribution in [0.1, 0.15) is 70.2 Å². The van der Waals surface area contributed by atoms with Crippen molar-refractivity contribution in [3.05, 3.63) is 53.1 Å². The lowest BCUT2D eigenvalue weighted by molar-refractivity contribution is -0.150. The molecule has 7 heteroatoms. The molecule has 0 aliphatic carbocycles. The van der Waals surface area contributed by atoms with Gasteiger partial charge in [-0.25, -0.2) is 10.0 Å². The molecule has 2 aromatic rings. The number of benzene rings is 1. The van der Waals surface area contributed by atoms with Crippen LogP contribution in [-0.4, -0.2) is 50.6 Å². The molecule has 1 amide bonds. The highest BCUT2D eigenvalue weighted by molar-refractivity contribution is 8.00. The number of hydroxylamine groups is 2. The van der Waals surface area contributed by atoms with Crippen LogP contribution < -0.4 is 5.32 Å². The van der Waals surface area contributed by atoms with Crippen molar-refractivity contribution < 1.29 is 10.0 Å². The molecule has 184 valence electrons. The summed E-state index contributed by atoms with van der Waals surface area (Å²) in [5, 5.41) is 13.8. The second kappa shape index (κ2) is 14.9. The summed E-state index contributed by atoms with van der Waals surface area (Å²) in [6, 6.07) is 8.56. The van der Waals surface area contributed by atoms with E-state index in [0.717, 1.165) is 59.6 Å². The van der Waals surface area contributed by atoms with Gasteiger partial charge in [0.1, 0.15) is 5.82 Å². The average Bonchev–Trinajstić information content (AvgIpc) is 3.39. The quantitative estimate of drug-likeness (QED) is 0.277. The zero-order chi connectivity index (χ0) is 24.9. The minimum Gasteiger partial charge on any atom is -0.324 e. The maximum Gasteiger partial charge on any atom is 0.233 e. The van der Waals surface area contributed by atoms with E-state index in [4.69, 9.17) is 0 Å². The molecule has 1 saturated heterocycles. The van der Waals surface area contributed by atoms with Gasteiger partial charge in [-0.15, -0.1) is 11.8 Å². The Hall–Kier alpha value is -2.09. The number of hydrogen-bond acceptors (Lipinski definition) is 5. The number of thioether (sulfide) groups is 1. The summed E-state index contributed by atoms with van der Waals surface area (Å²) in [5.74, 6) is 1.02. The number of carbonyl (C=O) groups is 1. The van der Waals surface area contributed by atoms with Gasteiger partial charge in [0.05, 0.1) is 22.7 Å². The van der Waals surface area contributed by atoms with Gasteiger partial charge in [-0.05, 0) is 57.0 Å². The Kier molecular flexibility index (Phi) is 13.1. The number of hydrogen-bond donors (Lipinski definition) is 2. The Morgan fingerprint density at radius 2 is 1.88 bits per heavy atom. The molecular formula is C26H42N4O2S. The first-order valence-corrected chi connectivity index (χ1v) is 12.9. The van der Waals surface area contributed by atoms with Crippen LogP contribution in [0, 0.1) is 13.8 Å². The van der Waals surface area contributed by atoms with E-state index >= 15 is 0 Å². The van der Waals surface area contributed by atoms with Crippen molar-refractivity contribution in [3.63, 3.8) is 0 Å². The summed E-state index contributed by atoms with van der Waals surface area (Å²) in [6.45, 7) is 17.0. The van der Waals surface area contributed by atoms with Crippen molar-refractivity contribution in [1.82, 2.24) is 19.9 Å². The fourth-order valence-corrected chi connectivity index (χ4v) is 5.12. The number of amides is 1. The Labute approximate surface area is 204 Å². The van der Waals surface area contributed by atoms with E-state index in [0.29, 0.717) is 13.0 Å². The number of nitrogens with zero attached hydrogens (tertiary/aromatic N) is 3. The average molecular weight is 475 g/mol. The third-order valence-corrected chi connectivity index (χ3v) is 6.69. The second-order valence-corrected chi connectivity index (χ2v) is 9.13. The van der Waals surface area contributed by atoms with Gasteiger partial charge in [0.15, 0.2) is 0 Å². The molecule has 0 saturated carbocycles. The standard InChI is InChI=1S/C22H30N4O2S.2C2H6/c1-4-5-6-21-17(2)24-18(3)26(21)13-19-7-9-20(10-8-19)29-22(11-12-23-14-22)15-25(28)16-27;2*1-2/h5-10,16,23,28H,4,11-15H2,1-3H3;2*1-2H3/b6-5-;;. The van der Waals surface area contributed by atoms with E-state index in [1.54, 1.807) is 11.8 Å². The van der Waals surface area contributed by atoms with Crippen LogP contribution in [0.25, 0.3) is 6.08 Å². The molecule has 1 unspecified atom stereocenters. The highest BCUT2D eigenvalue weighted by Crippen LogP contribution is 2.38. The van der Waals surface area contributed by atoms with E-state index in [9.17, 15) is 10.0 Å². The van der Waals surface area contributed by atoms with Crippen molar-refractivity contribution in [3.8, 4) is 0 Å². The predicted octanol–water partition coefficient (Wildman–Crippen LogP) is 5.70. The van der Waals surface area contributed by atoms with Gasteiger partial charge < -0.3 is 9.88 Å². The van der Waals surface area contributed by atoms with Gasteiger partial charge in [-0.2, -0.15) is 0 Å². The molecule has 33 heavy (non-hydrogen) atoms. The zero-order valence-electron chi connectivity index (χ0n) is 21.4. The first-order chi connectivity index (χ1) is 16.0. The van der Waals surface area contributed by atoms with E-state index in [-0.39, 0.29) is 4.75 Å². The second-order valence-electron chi connectivity index (χ2n) is 7.59. The zero-order valence-corrected chi connectivity index (χ0v) is 22.2. The molecule has 0 radical (unpaired) electrons. The van der Waals surface area contributed by atoms with Gasteiger partial charge in [0.25, 0.3) is 0 Å². The highest BCUT2D eigenvalue weighted by Gasteiger charge is 2.36. The van der Waals surface area contributed by atoms with Crippen LogP contribution in [0.2, 0.25) is 0 Å². The fourth-order valence-electron chi connectivity index (χ4n) is 3.77. The molecule has 1 fully saturated rings. The monoisotopic (exact) mass is 474 g/mol. The van der Waals surface area contributed by atoms with E-state index in [2.05, 4.69) is 65.1 Å². The number of rotatable bonds is 9. The van der Waals surface area contributed by atoms with Crippen molar-refractivity contribution in [1.29, 1.82) is 0 Å². The van der Waals surface area contributed by atoms with Crippen LogP contribution in [-0.2, 0) is 11.3 Å². The lowest BCUT2D eigenvalue weighted by Gasteiger charge is -2.29. The van der Waals surface area contributed by atoms with Gasteiger partial charge in [0.2, 0.25) is 6.41 Å². The SMILES string of the molecule is CC.CC.CC/C=C\c1c(C)nc(C)n1Cc1ccc(SC2(CN(O)C=O)CCNC2)cc1. The summed E-state index contributed by atoms with van der Waals surface area (Å²) >= 11 is 1.73. The van der Waals surface area contributed by atoms with Crippen molar-refractivity contribution in [2.75, 3.05) is 19.6 Å².